The monoisotopic (exact) mass is 344 g/mol. The zero-order valence-corrected chi connectivity index (χ0v) is 12.6. The number of amides is 3. The molecule has 0 fully saturated rings. The first-order valence-electron chi connectivity index (χ1n) is 6.92. The zero-order valence-electron chi connectivity index (χ0n) is 12.6. The Labute approximate surface area is 135 Å². The Balaban J connectivity index is 1.87. The maximum Gasteiger partial charge on any atom is 0.432 e. The van der Waals surface area contributed by atoms with Crippen LogP contribution in [0.5, 0.6) is 0 Å². The molecule has 1 aromatic carbocycles. The summed E-state index contributed by atoms with van der Waals surface area (Å²) >= 11 is 0. The molecule has 1 aromatic rings. The van der Waals surface area contributed by atoms with Gasteiger partial charge in [0, 0.05) is 17.7 Å². The fourth-order valence-electron chi connectivity index (χ4n) is 1.99. The summed E-state index contributed by atoms with van der Waals surface area (Å²) in [7, 11) is 0. The van der Waals surface area contributed by atoms with Crippen molar-refractivity contribution in [2.45, 2.75) is 25.6 Å². The number of halogens is 3. The summed E-state index contributed by atoms with van der Waals surface area (Å²) in [5.74, 6) is -0.644. The van der Waals surface area contributed by atoms with Crippen LogP contribution in [-0.4, -0.2) is 36.5 Å². The Morgan fingerprint density at radius 2 is 2.12 bits per heavy atom. The van der Waals surface area contributed by atoms with Gasteiger partial charge in [0.2, 0.25) is 5.91 Å². The van der Waals surface area contributed by atoms with Crippen LogP contribution in [-0.2, 0) is 4.84 Å². The van der Waals surface area contributed by atoms with E-state index in [0.29, 0.717) is 11.3 Å². The molecule has 7 nitrogen and oxygen atoms in total. The van der Waals surface area contributed by atoms with Gasteiger partial charge in [-0.15, -0.1) is 0 Å². The second-order valence-corrected chi connectivity index (χ2v) is 5.20. The van der Waals surface area contributed by atoms with Crippen molar-refractivity contribution in [1.29, 1.82) is 0 Å². The summed E-state index contributed by atoms with van der Waals surface area (Å²) in [6, 6.07) is 3.89. The number of primary amides is 1. The molecule has 0 saturated heterocycles. The molecule has 1 aliphatic rings. The van der Waals surface area contributed by atoms with Crippen molar-refractivity contribution < 1.29 is 27.6 Å². The lowest BCUT2D eigenvalue weighted by atomic mass is 10.1. The number of nitrogens with two attached hydrogens (primary N) is 1. The minimum atomic E-state index is -4.54. The molecule has 10 heteroatoms. The third-order valence-electron chi connectivity index (χ3n) is 3.32. The maximum atomic E-state index is 12.4. The number of oxime groups is 1. The third kappa shape index (κ3) is 4.37. The van der Waals surface area contributed by atoms with Gasteiger partial charge in [-0.05, 0) is 24.6 Å². The highest BCUT2D eigenvalue weighted by molar-refractivity contribution is 5.96. The first-order chi connectivity index (χ1) is 11.2. The number of alkyl halides is 3. The predicted octanol–water partition coefficient (Wildman–Crippen LogP) is 1.92. The van der Waals surface area contributed by atoms with Crippen molar-refractivity contribution in [3.63, 3.8) is 0 Å². The number of hydrogen-bond acceptors (Lipinski definition) is 4. The second-order valence-electron chi connectivity index (χ2n) is 5.20. The number of carbonyl (C=O) groups is 2. The third-order valence-corrected chi connectivity index (χ3v) is 3.32. The Morgan fingerprint density at radius 3 is 2.71 bits per heavy atom. The highest BCUT2D eigenvalue weighted by atomic mass is 19.4. The molecule has 4 N–H and O–H groups in total. The first kappa shape index (κ1) is 17.6. The molecule has 3 amide bonds. The summed E-state index contributed by atoms with van der Waals surface area (Å²) in [5, 5.41) is 7.85. The average Bonchev–Trinajstić information content (AvgIpc) is 2.96. The minimum absolute atomic E-state index is 0.149. The van der Waals surface area contributed by atoms with Crippen molar-refractivity contribution in [3.8, 4) is 0 Å². The van der Waals surface area contributed by atoms with Gasteiger partial charge >= 0.3 is 12.2 Å². The number of carbonyl (C=O) groups excluding carboxylic acids is 2. The number of urea groups is 1. The number of nitrogens with zero attached hydrogens (tertiary/aromatic N) is 1. The van der Waals surface area contributed by atoms with Gasteiger partial charge in [-0.25, -0.2) is 4.79 Å². The van der Waals surface area contributed by atoms with E-state index in [1.807, 2.05) is 0 Å². The Hall–Kier alpha value is -2.78. The Bertz CT molecular complexity index is 688. The highest BCUT2D eigenvalue weighted by Crippen LogP contribution is 2.25. The second kappa shape index (κ2) is 6.77. The topological polar surface area (TPSA) is 106 Å². The van der Waals surface area contributed by atoms with Gasteiger partial charge in [-0.2, -0.15) is 13.2 Å². The summed E-state index contributed by atoms with van der Waals surface area (Å²) in [6.07, 6.45) is -5.85. The van der Waals surface area contributed by atoms with Crippen molar-refractivity contribution >= 4 is 23.3 Å². The molecule has 1 aliphatic heterocycles. The largest absolute Gasteiger partial charge is 0.432 e. The molecule has 0 radical (unpaired) electrons. The molecule has 0 unspecified atom stereocenters. The smallest absolute Gasteiger partial charge is 0.390 e. The number of rotatable bonds is 4. The van der Waals surface area contributed by atoms with Crippen molar-refractivity contribution in [2.75, 3.05) is 11.9 Å². The molecule has 0 bridgehead atoms. The van der Waals surface area contributed by atoms with Crippen LogP contribution in [0.25, 0.3) is 0 Å². The summed E-state index contributed by atoms with van der Waals surface area (Å²) in [5.41, 5.74) is 5.43. The molecule has 1 heterocycles. The molecule has 0 saturated carbocycles. The number of anilines is 1. The van der Waals surface area contributed by atoms with E-state index in [1.165, 1.54) is 12.1 Å². The van der Waals surface area contributed by atoms with E-state index in [0.717, 1.165) is 0 Å². The van der Waals surface area contributed by atoms with Crippen LogP contribution in [0.3, 0.4) is 0 Å². The predicted molar refractivity (Wildman–Crippen MR) is 79.7 cm³/mol. The fraction of sp³-hybridized carbons (Fsp3) is 0.357. The van der Waals surface area contributed by atoms with Crippen LogP contribution in [0, 0.1) is 6.92 Å². The standard InChI is InChI=1S/C14H15F3N4O3/c1-7-2-3-8(12(18)22)4-10(7)20-13(23)19-6-9-5-11(21-24-9)14(15,16)17/h2-4,9H,5-6H2,1H3,(H2,18,22)(H2,19,20,23)/t9-/m0/s1. The van der Waals surface area contributed by atoms with Gasteiger partial charge in [0.25, 0.3) is 0 Å². The number of benzene rings is 1. The van der Waals surface area contributed by atoms with E-state index >= 15 is 0 Å². The van der Waals surface area contributed by atoms with Crippen molar-refractivity contribution in [2.24, 2.45) is 10.9 Å². The Kier molecular flexibility index (Phi) is 4.96. The SMILES string of the molecule is Cc1ccc(C(N)=O)cc1NC(=O)NC[C@@H]1CC(C(F)(F)F)=NO1. The van der Waals surface area contributed by atoms with E-state index < -0.39 is 36.4 Å². The number of hydrogen-bond donors (Lipinski definition) is 3. The lowest BCUT2D eigenvalue weighted by Gasteiger charge is -2.13. The lowest BCUT2D eigenvalue weighted by molar-refractivity contribution is -0.0604. The summed E-state index contributed by atoms with van der Waals surface area (Å²) in [4.78, 5) is 27.6. The molecule has 0 aliphatic carbocycles. The highest BCUT2D eigenvalue weighted by Gasteiger charge is 2.41. The molecule has 0 spiro atoms. The van der Waals surface area contributed by atoms with Gasteiger partial charge in [0.1, 0.15) is 0 Å². The van der Waals surface area contributed by atoms with Gasteiger partial charge in [0.05, 0.1) is 6.54 Å². The first-order valence-corrected chi connectivity index (χ1v) is 6.92. The number of nitrogens with one attached hydrogen (secondary N) is 2. The molecule has 1 atom stereocenters. The summed E-state index contributed by atoms with van der Waals surface area (Å²) in [6.45, 7) is 1.56. The van der Waals surface area contributed by atoms with Crippen molar-refractivity contribution in [3.05, 3.63) is 29.3 Å². The summed E-state index contributed by atoms with van der Waals surface area (Å²) < 4.78 is 37.3. The van der Waals surface area contributed by atoms with Crippen LogP contribution in [0.4, 0.5) is 23.7 Å². The normalized spacial score (nSPS) is 17.0. The molecule has 130 valence electrons. The zero-order chi connectivity index (χ0) is 17.9. The van der Waals surface area contributed by atoms with Crippen molar-refractivity contribution in [1.82, 2.24) is 5.32 Å². The van der Waals surface area contributed by atoms with E-state index in [4.69, 9.17) is 5.73 Å². The quantitative estimate of drug-likeness (QED) is 0.777. The van der Waals surface area contributed by atoms with E-state index in [1.54, 1.807) is 13.0 Å². The Morgan fingerprint density at radius 1 is 1.42 bits per heavy atom. The number of aryl methyl sites for hydroxylation is 1. The van der Waals surface area contributed by atoms with Crippen LogP contribution in [0.2, 0.25) is 0 Å². The van der Waals surface area contributed by atoms with Gasteiger partial charge in [-0.3, -0.25) is 4.79 Å². The molecule has 2 rings (SSSR count). The van der Waals surface area contributed by atoms with Gasteiger partial charge in [0.15, 0.2) is 11.8 Å². The lowest BCUT2D eigenvalue weighted by Crippen LogP contribution is -2.36. The van der Waals surface area contributed by atoms with Gasteiger partial charge < -0.3 is 21.2 Å². The average molecular weight is 344 g/mol. The van der Waals surface area contributed by atoms with Crippen LogP contribution in [0.15, 0.2) is 23.4 Å². The van der Waals surface area contributed by atoms with Crippen LogP contribution in [0.1, 0.15) is 22.3 Å². The van der Waals surface area contributed by atoms with Crippen LogP contribution < -0.4 is 16.4 Å². The maximum absolute atomic E-state index is 12.4. The molecule has 24 heavy (non-hydrogen) atoms. The molecular formula is C14H15F3N4O3. The van der Waals surface area contributed by atoms with Crippen LogP contribution >= 0.6 is 0 Å². The van der Waals surface area contributed by atoms with E-state index in [9.17, 15) is 22.8 Å². The minimum Gasteiger partial charge on any atom is -0.390 e. The molecule has 0 aromatic heterocycles. The van der Waals surface area contributed by atoms with E-state index in [2.05, 4.69) is 20.6 Å². The molecular weight excluding hydrogens is 329 g/mol. The van der Waals surface area contributed by atoms with Gasteiger partial charge in [-0.1, -0.05) is 11.2 Å². The van der Waals surface area contributed by atoms with E-state index in [-0.39, 0.29) is 12.1 Å². The fourth-order valence-corrected chi connectivity index (χ4v) is 1.99.